The molecular formula is C10H7N3O2S. The Morgan fingerprint density at radius 3 is 3.12 bits per heavy atom. The minimum Gasteiger partial charge on any atom is -0.354 e. The molecule has 0 amide bonds. The SMILES string of the molecule is Cc1sc2c(-c3cn[nH]c3)noc2c1C=O. The third-order valence-electron chi connectivity index (χ3n) is 2.42. The molecule has 0 bridgehead atoms. The van der Waals surface area contributed by atoms with E-state index in [1.54, 1.807) is 12.4 Å². The molecule has 0 aliphatic rings. The van der Waals surface area contributed by atoms with Crippen molar-refractivity contribution in [1.82, 2.24) is 15.4 Å². The number of carbonyl (C=O) groups excluding carboxylic acids is 1. The van der Waals surface area contributed by atoms with Crippen LogP contribution in [-0.4, -0.2) is 21.6 Å². The van der Waals surface area contributed by atoms with Crippen LogP contribution < -0.4 is 0 Å². The normalized spacial score (nSPS) is 11.1. The Hall–Kier alpha value is -1.95. The van der Waals surface area contributed by atoms with Gasteiger partial charge in [0.15, 0.2) is 11.9 Å². The van der Waals surface area contributed by atoms with Gasteiger partial charge in [0.2, 0.25) is 0 Å². The number of nitrogens with one attached hydrogen (secondary N) is 1. The summed E-state index contributed by atoms with van der Waals surface area (Å²) in [5, 5.41) is 10.5. The second-order valence-corrected chi connectivity index (χ2v) is 4.59. The van der Waals surface area contributed by atoms with Crippen LogP contribution in [0.2, 0.25) is 0 Å². The average Bonchev–Trinajstić information content (AvgIpc) is 2.92. The van der Waals surface area contributed by atoms with Crippen LogP contribution in [0.25, 0.3) is 21.5 Å². The number of nitrogens with zero attached hydrogens (tertiary/aromatic N) is 2. The molecule has 0 aliphatic heterocycles. The van der Waals surface area contributed by atoms with Crippen LogP contribution in [-0.2, 0) is 0 Å². The Labute approximate surface area is 94.1 Å². The van der Waals surface area contributed by atoms with Crippen molar-refractivity contribution in [2.24, 2.45) is 0 Å². The molecule has 6 heteroatoms. The second kappa shape index (κ2) is 3.28. The third-order valence-corrected chi connectivity index (χ3v) is 3.53. The molecule has 80 valence electrons. The lowest BCUT2D eigenvalue weighted by atomic mass is 10.2. The zero-order valence-corrected chi connectivity index (χ0v) is 9.17. The molecule has 3 rings (SSSR count). The van der Waals surface area contributed by atoms with E-state index < -0.39 is 0 Å². The molecule has 3 aromatic rings. The first-order valence-electron chi connectivity index (χ1n) is 4.64. The van der Waals surface area contributed by atoms with E-state index in [0.29, 0.717) is 11.1 Å². The Kier molecular flexibility index (Phi) is 1.90. The zero-order chi connectivity index (χ0) is 11.1. The molecule has 0 unspecified atom stereocenters. The van der Waals surface area contributed by atoms with Crippen LogP contribution in [0.1, 0.15) is 15.2 Å². The molecule has 0 spiro atoms. The zero-order valence-electron chi connectivity index (χ0n) is 8.35. The van der Waals surface area contributed by atoms with Gasteiger partial charge in [-0.25, -0.2) is 0 Å². The van der Waals surface area contributed by atoms with Gasteiger partial charge >= 0.3 is 0 Å². The minimum absolute atomic E-state index is 0.564. The van der Waals surface area contributed by atoms with Crippen LogP contribution in [0.4, 0.5) is 0 Å². The van der Waals surface area contributed by atoms with E-state index >= 15 is 0 Å². The highest BCUT2D eigenvalue weighted by Crippen LogP contribution is 2.36. The van der Waals surface area contributed by atoms with Gasteiger partial charge in [-0.2, -0.15) is 5.10 Å². The summed E-state index contributed by atoms with van der Waals surface area (Å²) in [6.07, 6.45) is 4.22. The molecule has 0 aromatic carbocycles. The van der Waals surface area contributed by atoms with Crippen LogP contribution in [0.3, 0.4) is 0 Å². The number of hydrogen-bond donors (Lipinski definition) is 1. The number of aryl methyl sites for hydroxylation is 1. The summed E-state index contributed by atoms with van der Waals surface area (Å²) >= 11 is 1.51. The molecule has 0 radical (unpaired) electrons. The minimum atomic E-state index is 0.564. The number of fused-ring (bicyclic) bond motifs is 1. The van der Waals surface area contributed by atoms with Gasteiger partial charge in [-0.3, -0.25) is 9.89 Å². The van der Waals surface area contributed by atoms with Crippen LogP contribution in [0, 0.1) is 6.92 Å². The molecule has 0 saturated carbocycles. The highest BCUT2D eigenvalue weighted by Gasteiger charge is 2.18. The Morgan fingerprint density at radius 2 is 2.44 bits per heavy atom. The highest BCUT2D eigenvalue weighted by atomic mass is 32.1. The van der Waals surface area contributed by atoms with Gasteiger partial charge in [0.25, 0.3) is 0 Å². The number of aromatic nitrogens is 3. The first-order valence-corrected chi connectivity index (χ1v) is 5.46. The number of aromatic amines is 1. The number of H-pyrrole nitrogens is 1. The summed E-state index contributed by atoms with van der Waals surface area (Å²) in [5.41, 5.74) is 2.73. The van der Waals surface area contributed by atoms with Crippen molar-refractivity contribution < 1.29 is 9.32 Å². The summed E-state index contributed by atoms with van der Waals surface area (Å²) in [7, 11) is 0. The van der Waals surface area contributed by atoms with Crippen molar-refractivity contribution in [3.05, 3.63) is 22.8 Å². The van der Waals surface area contributed by atoms with Gasteiger partial charge in [-0.1, -0.05) is 5.16 Å². The van der Waals surface area contributed by atoms with Gasteiger partial charge in [-0.05, 0) is 6.92 Å². The average molecular weight is 233 g/mol. The van der Waals surface area contributed by atoms with Gasteiger partial charge in [0.05, 0.1) is 11.8 Å². The van der Waals surface area contributed by atoms with Crippen LogP contribution in [0.5, 0.6) is 0 Å². The van der Waals surface area contributed by atoms with E-state index in [1.807, 2.05) is 6.92 Å². The fourth-order valence-electron chi connectivity index (χ4n) is 1.62. The monoisotopic (exact) mass is 233 g/mol. The standard InChI is InChI=1S/C10H7N3O2S/c1-5-7(4-14)9-10(16-5)8(13-15-9)6-2-11-12-3-6/h2-4H,1H3,(H,11,12). The first-order chi connectivity index (χ1) is 7.81. The van der Waals surface area contributed by atoms with E-state index in [1.165, 1.54) is 11.3 Å². The molecular weight excluding hydrogens is 226 g/mol. The predicted octanol–water partition coefficient (Wildman–Crippen LogP) is 2.40. The van der Waals surface area contributed by atoms with Crippen LogP contribution in [0.15, 0.2) is 16.9 Å². The molecule has 0 aliphatic carbocycles. The highest BCUT2D eigenvalue weighted by molar-refractivity contribution is 7.19. The lowest BCUT2D eigenvalue weighted by Crippen LogP contribution is -1.76. The van der Waals surface area contributed by atoms with Gasteiger partial charge in [0.1, 0.15) is 10.4 Å². The predicted molar refractivity (Wildman–Crippen MR) is 59.6 cm³/mol. The molecule has 0 atom stereocenters. The van der Waals surface area contributed by atoms with E-state index in [2.05, 4.69) is 15.4 Å². The maximum absolute atomic E-state index is 10.9. The van der Waals surface area contributed by atoms with Crippen molar-refractivity contribution in [2.45, 2.75) is 6.92 Å². The van der Waals surface area contributed by atoms with Gasteiger partial charge in [-0.15, -0.1) is 11.3 Å². The summed E-state index contributed by atoms with van der Waals surface area (Å²) in [6.45, 7) is 1.89. The maximum atomic E-state index is 10.9. The molecule has 0 fully saturated rings. The summed E-state index contributed by atoms with van der Waals surface area (Å²) in [6, 6.07) is 0. The van der Waals surface area contributed by atoms with Crippen molar-refractivity contribution in [1.29, 1.82) is 0 Å². The van der Waals surface area contributed by atoms with Gasteiger partial charge < -0.3 is 4.52 Å². The Bertz CT molecular complexity index is 651. The van der Waals surface area contributed by atoms with E-state index in [4.69, 9.17) is 4.52 Å². The summed E-state index contributed by atoms with van der Waals surface area (Å²) in [5.74, 6) is 0. The van der Waals surface area contributed by atoms with Crippen molar-refractivity contribution >= 4 is 27.9 Å². The quantitative estimate of drug-likeness (QED) is 0.690. The maximum Gasteiger partial charge on any atom is 0.189 e. The topological polar surface area (TPSA) is 71.8 Å². The second-order valence-electron chi connectivity index (χ2n) is 3.37. The number of carbonyl (C=O) groups is 1. The van der Waals surface area contributed by atoms with E-state index in [0.717, 1.165) is 27.1 Å². The van der Waals surface area contributed by atoms with Crippen molar-refractivity contribution in [3.63, 3.8) is 0 Å². The van der Waals surface area contributed by atoms with Gasteiger partial charge in [0, 0.05) is 16.6 Å². The molecule has 16 heavy (non-hydrogen) atoms. The summed E-state index contributed by atoms with van der Waals surface area (Å²) in [4.78, 5) is 11.8. The Balaban J connectivity index is 2.33. The number of thiophene rings is 1. The molecule has 3 heterocycles. The lowest BCUT2D eigenvalue weighted by Gasteiger charge is -1.85. The lowest BCUT2D eigenvalue weighted by molar-refractivity contribution is 0.112. The largest absolute Gasteiger partial charge is 0.354 e. The summed E-state index contributed by atoms with van der Waals surface area (Å²) < 4.78 is 6.09. The fraction of sp³-hybridized carbons (Fsp3) is 0.100. The van der Waals surface area contributed by atoms with Crippen LogP contribution >= 0.6 is 11.3 Å². The fourth-order valence-corrected chi connectivity index (χ4v) is 2.67. The number of aldehydes is 1. The number of hydrogen-bond acceptors (Lipinski definition) is 5. The molecule has 5 nitrogen and oxygen atoms in total. The Morgan fingerprint density at radius 1 is 1.56 bits per heavy atom. The smallest absolute Gasteiger partial charge is 0.189 e. The molecule has 1 N–H and O–H groups in total. The first kappa shape index (κ1) is 9.29. The molecule has 3 aromatic heterocycles. The molecule has 0 saturated heterocycles. The van der Waals surface area contributed by atoms with E-state index in [-0.39, 0.29) is 0 Å². The van der Waals surface area contributed by atoms with E-state index in [9.17, 15) is 4.79 Å². The van der Waals surface area contributed by atoms with Crippen molar-refractivity contribution in [2.75, 3.05) is 0 Å². The third kappa shape index (κ3) is 1.13. The number of rotatable bonds is 2. The van der Waals surface area contributed by atoms with Crippen molar-refractivity contribution in [3.8, 4) is 11.3 Å².